The Hall–Kier alpha value is -5.99. The van der Waals surface area contributed by atoms with Crippen LogP contribution in [0.2, 0.25) is 5.02 Å². The predicted octanol–water partition coefficient (Wildman–Crippen LogP) is 8.58. The second-order valence-corrected chi connectivity index (χ2v) is 16.9. The molecule has 12 nitrogen and oxygen atoms in total. The van der Waals surface area contributed by atoms with E-state index in [2.05, 4.69) is 10.2 Å². The number of carboxylic acid groups (broad SMARTS) is 2. The number of hydrogen-bond donors (Lipinski definition) is 5. The number of carbonyl (C=O) groups is 2. The van der Waals surface area contributed by atoms with Gasteiger partial charge < -0.3 is 30.2 Å². The number of carboxylic acids is 2. The molecule has 2 aliphatic rings. The average Bonchev–Trinajstić information content (AvgIpc) is 4.03. The molecular formula is C46H43BClF6N4O8. The lowest BCUT2D eigenvalue weighted by atomic mass is 9.84. The highest BCUT2D eigenvalue weighted by Crippen LogP contribution is 2.58. The molecule has 2 aromatic heterocycles. The third-order valence-electron chi connectivity index (χ3n) is 11.7. The van der Waals surface area contributed by atoms with Crippen molar-refractivity contribution in [3.63, 3.8) is 0 Å². The van der Waals surface area contributed by atoms with E-state index >= 15 is 0 Å². The summed E-state index contributed by atoms with van der Waals surface area (Å²) in [5.74, 6) is -2.79. The molecular weight excluding hydrogens is 897 g/mol. The molecule has 0 bridgehead atoms. The molecule has 0 saturated heterocycles. The zero-order chi connectivity index (χ0) is 48.9. The maximum absolute atomic E-state index is 14.0. The van der Waals surface area contributed by atoms with Crippen LogP contribution < -0.4 is 5.46 Å². The Morgan fingerprint density at radius 3 is 1.58 bits per heavy atom. The van der Waals surface area contributed by atoms with Crippen molar-refractivity contribution in [1.82, 2.24) is 19.6 Å². The molecule has 347 valence electrons. The minimum atomic E-state index is -5.03. The molecule has 0 spiro atoms. The maximum atomic E-state index is 14.0. The van der Waals surface area contributed by atoms with Crippen LogP contribution in [0.1, 0.15) is 84.5 Å². The van der Waals surface area contributed by atoms with Crippen LogP contribution in [0.5, 0.6) is 0 Å². The number of aliphatic hydroxyl groups is 3. The summed E-state index contributed by atoms with van der Waals surface area (Å²) in [4.78, 5) is 23.3. The fourth-order valence-electron chi connectivity index (χ4n) is 7.50. The van der Waals surface area contributed by atoms with Crippen LogP contribution in [0.25, 0.3) is 33.4 Å². The third-order valence-corrected chi connectivity index (χ3v) is 11.9. The van der Waals surface area contributed by atoms with Crippen molar-refractivity contribution >= 4 is 36.5 Å². The lowest BCUT2D eigenvalue weighted by Gasteiger charge is -2.37. The van der Waals surface area contributed by atoms with E-state index in [9.17, 15) is 61.5 Å². The van der Waals surface area contributed by atoms with Gasteiger partial charge in [-0.25, -0.2) is 9.59 Å². The quantitative estimate of drug-likeness (QED) is 0.0697. The van der Waals surface area contributed by atoms with Gasteiger partial charge in [-0.05, 0) is 88.0 Å². The number of aryl methyl sites for hydroxylation is 2. The number of rotatable bonds is 9. The maximum Gasteiger partial charge on any atom is 0.425 e. The number of halogens is 7. The highest BCUT2D eigenvalue weighted by atomic mass is 35.5. The first kappa shape index (κ1) is 49.4. The van der Waals surface area contributed by atoms with E-state index < -0.39 is 63.4 Å². The largest absolute Gasteiger partial charge is 0.478 e. The van der Waals surface area contributed by atoms with Crippen molar-refractivity contribution in [3.05, 3.63) is 136 Å². The highest BCUT2D eigenvalue weighted by Gasteiger charge is 2.62. The first-order valence-electron chi connectivity index (χ1n) is 20.2. The Morgan fingerprint density at radius 1 is 0.682 bits per heavy atom. The molecule has 66 heavy (non-hydrogen) atoms. The normalized spacial score (nSPS) is 17.3. The van der Waals surface area contributed by atoms with Crippen molar-refractivity contribution in [2.75, 3.05) is 0 Å². The summed E-state index contributed by atoms with van der Waals surface area (Å²) in [5, 5.41) is 58.1. The number of nitrogens with zero attached hydrogens (tertiary/aromatic N) is 4. The number of hydrogen-bond acceptors (Lipinski definition) is 8. The van der Waals surface area contributed by atoms with Crippen LogP contribution in [-0.4, -0.2) is 88.1 Å². The molecule has 1 radical (unpaired) electrons. The Labute approximate surface area is 379 Å². The van der Waals surface area contributed by atoms with E-state index in [4.69, 9.17) is 16.3 Å². The van der Waals surface area contributed by atoms with Crippen LogP contribution >= 0.6 is 11.6 Å². The van der Waals surface area contributed by atoms with Gasteiger partial charge in [-0.2, -0.15) is 36.5 Å². The van der Waals surface area contributed by atoms with Crippen molar-refractivity contribution in [1.29, 1.82) is 0 Å². The number of aromatic nitrogens is 4. The standard InChI is InChI=1S/C20H15F3N2O3.C15H8ClF3O3.C11H20BN2O2/c1-2-25-10-12(9-24-25)11-7-14(18(26)27)17-13-5-3-4-6-15(13)19(28,16(17)8-11)20(21,22)23;16-7-5-9(13(20)21)12-8-3-1-2-4-10(8)14(22,11(12)6-7)15(17,18)19;1-6-14-8-9(7-13-14)12-16-11(4,5)10(2,3)15/h3-10,28H,2H2,1H3,(H,26,27);1-6,22H,(H,20,21);7-8,15H,6H2,1-5H3. The number of fused-ring (bicyclic) bond motifs is 6. The number of alkyl halides is 6. The van der Waals surface area contributed by atoms with Crippen molar-refractivity contribution in [2.45, 2.75) is 89.4 Å². The van der Waals surface area contributed by atoms with Crippen molar-refractivity contribution in [2.24, 2.45) is 0 Å². The van der Waals surface area contributed by atoms with Crippen molar-refractivity contribution < 1.29 is 66.1 Å². The zero-order valence-corrected chi connectivity index (χ0v) is 36.9. The van der Waals surface area contributed by atoms with Gasteiger partial charge in [-0.1, -0.05) is 60.1 Å². The van der Waals surface area contributed by atoms with E-state index in [1.807, 2.05) is 38.6 Å². The predicted molar refractivity (Wildman–Crippen MR) is 232 cm³/mol. The molecule has 0 aliphatic heterocycles. The van der Waals surface area contributed by atoms with Crippen LogP contribution in [0, 0.1) is 0 Å². The van der Waals surface area contributed by atoms with Crippen LogP contribution in [0.15, 0.2) is 97.6 Å². The average molecular weight is 940 g/mol. The molecule has 0 fully saturated rings. The van der Waals surface area contributed by atoms with E-state index in [1.54, 1.807) is 38.4 Å². The molecule has 0 saturated carbocycles. The number of aromatic carboxylic acids is 2. The summed E-state index contributed by atoms with van der Waals surface area (Å²) in [6.45, 7) is 12.4. The van der Waals surface area contributed by atoms with Gasteiger partial charge in [-0.3, -0.25) is 9.36 Å². The Kier molecular flexibility index (Phi) is 13.2. The lowest BCUT2D eigenvalue weighted by molar-refractivity contribution is -0.247. The third kappa shape index (κ3) is 8.73. The second-order valence-electron chi connectivity index (χ2n) is 16.5. The van der Waals surface area contributed by atoms with Crippen molar-refractivity contribution in [3.8, 4) is 33.4 Å². The molecule has 2 atom stereocenters. The zero-order valence-electron chi connectivity index (χ0n) is 36.1. The van der Waals surface area contributed by atoms with E-state index in [0.29, 0.717) is 12.1 Å². The highest BCUT2D eigenvalue weighted by molar-refractivity contribution is 6.46. The lowest BCUT2D eigenvalue weighted by Crippen LogP contribution is -2.49. The fraction of sp³-hybridized carbons (Fsp3) is 0.304. The van der Waals surface area contributed by atoms with Crippen LogP contribution in [-0.2, 0) is 28.9 Å². The minimum Gasteiger partial charge on any atom is -0.478 e. The van der Waals surface area contributed by atoms with Crippen LogP contribution in [0.4, 0.5) is 26.3 Å². The molecule has 2 unspecified atom stereocenters. The Balaban J connectivity index is 0.000000171. The first-order chi connectivity index (χ1) is 30.6. The van der Waals surface area contributed by atoms with Gasteiger partial charge in [0.05, 0.1) is 28.5 Å². The Morgan fingerprint density at radius 2 is 1.14 bits per heavy atom. The summed E-state index contributed by atoms with van der Waals surface area (Å²) in [6.07, 6.45) is -3.34. The van der Waals surface area contributed by atoms with Gasteiger partial charge in [0.2, 0.25) is 11.2 Å². The topological polar surface area (TPSA) is 180 Å². The molecule has 8 rings (SSSR count). The molecule has 2 aliphatic carbocycles. The molecule has 6 aromatic rings. The van der Waals surface area contributed by atoms with Gasteiger partial charge in [0, 0.05) is 75.6 Å². The fourth-order valence-corrected chi connectivity index (χ4v) is 7.71. The summed E-state index contributed by atoms with van der Waals surface area (Å²) >= 11 is 5.75. The summed E-state index contributed by atoms with van der Waals surface area (Å²) in [7, 11) is 1.64. The molecule has 2 heterocycles. The summed E-state index contributed by atoms with van der Waals surface area (Å²) in [6, 6.07) is 15.3. The van der Waals surface area contributed by atoms with Gasteiger partial charge in [0.1, 0.15) is 0 Å². The SMILES string of the molecule is CCn1cc(-c2cc(C(=O)O)c3c(c2)C(O)(C(F)(F)F)c2ccccc2-3)cn1.CCn1cc([B]OC(C)(C)C(C)(C)O)cn1.O=C(O)c1cc(Cl)cc2c1-c1ccccc1C2(O)C(F)(F)F. The summed E-state index contributed by atoms with van der Waals surface area (Å²) < 4.78 is 91.6. The van der Waals surface area contributed by atoms with E-state index in [-0.39, 0.29) is 49.5 Å². The first-order valence-corrected chi connectivity index (χ1v) is 20.6. The van der Waals surface area contributed by atoms with Gasteiger partial charge in [-0.15, -0.1) is 0 Å². The molecule has 4 aromatic carbocycles. The number of benzene rings is 4. The van der Waals surface area contributed by atoms with Gasteiger partial charge in [0.15, 0.2) is 0 Å². The summed E-state index contributed by atoms with van der Waals surface area (Å²) in [5.41, 5.74) is -9.19. The minimum absolute atomic E-state index is 0.0337. The van der Waals surface area contributed by atoms with E-state index in [1.165, 1.54) is 60.8 Å². The molecule has 5 N–H and O–H groups in total. The van der Waals surface area contributed by atoms with Gasteiger partial charge >= 0.3 is 31.8 Å². The van der Waals surface area contributed by atoms with Crippen LogP contribution in [0.3, 0.4) is 0 Å². The smallest absolute Gasteiger partial charge is 0.425 e. The van der Waals surface area contributed by atoms with E-state index in [0.717, 1.165) is 30.2 Å². The Bertz CT molecular complexity index is 2820. The monoisotopic (exact) mass is 939 g/mol. The molecule has 0 amide bonds. The van der Waals surface area contributed by atoms with Gasteiger partial charge in [0.25, 0.3) is 0 Å². The molecule has 20 heteroatoms. The second kappa shape index (κ2) is 17.7.